The van der Waals surface area contributed by atoms with Gasteiger partial charge in [0, 0.05) is 19.5 Å². The van der Waals surface area contributed by atoms with Crippen molar-refractivity contribution >= 4 is 18.0 Å². The molecule has 24 heavy (non-hydrogen) atoms. The third kappa shape index (κ3) is 4.17. The van der Waals surface area contributed by atoms with Crippen LogP contribution in [0.2, 0.25) is 0 Å². The largest absolute Gasteiger partial charge is 0.464 e. The summed E-state index contributed by atoms with van der Waals surface area (Å²) in [5.74, 6) is -0.681. The number of esters is 1. The molecule has 0 aromatic carbocycles. The maximum atomic E-state index is 12.7. The van der Waals surface area contributed by atoms with Gasteiger partial charge in [0.15, 0.2) is 0 Å². The number of ether oxygens (including phenoxy) is 3. The monoisotopic (exact) mass is 342 g/mol. The first-order chi connectivity index (χ1) is 11.2. The van der Waals surface area contributed by atoms with Gasteiger partial charge in [0.05, 0.1) is 19.8 Å². The number of rotatable bonds is 3. The van der Waals surface area contributed by atoms with E-state index in [1.165, 1.54) is 4.90 Å². The van der Waals surface area contributed by atoms with Crippen LogP contribution in [0.15, 0.2) is 0 Å². The van der Waals surface area contributed by atoms with Crippen molar-refractivity contribution in [3.8, 4) is 0 Å². The molecule has 0 spiro atoms. The minimum atomic E-state index is -0.769. The van der Waals surface area contributed by atoms with Crippen LogP contribution >= 0.6 is 0 Å². The number of hydrogen-bond donors (Lipinski definition) is 0. The summed E-state index contributed by atoms with van der Waals surface area (Å²) in [6.07, 6.45) is -0.410. The van der Waals surface area contributed by atoms with Crippen molar-refractivity contribution in [1.82, 2.24) is 9.80 Å². The summed E-state index contributed by atoms with van der Waals surface area (Å²) in [5.41, 5.74) is -0.710. The molecular weight excluding hydrogens is 316 g/mol. The van der Waals surface area contributed by atoms with Gasteiger partial charge in [0.1, 0.15) is 17.7 Å². The van der Waals surface area contributed by atoms with Crippen LogP contribution in [0, 0.1) is 0 Å². The molecule has 136 valence electrons. The van der Waals surface area contributed by atoms with Crippen molar-refractivity contribution in [3.05, 3.63) is 0 Å². The molecule has 2 atom stereocenters. The fourth-order valence-corrected chi connectivity index (χ4v) is 2.75. The second-order valence-electron chi connectivity index (χ2n) is 6.84. The van der Waals surface area contributed by atoms with Crippen LogP contribution in [-0.2, 0) is 23.8 Å². The van der Waals surface area contributed by atoms with Gasteiger partial charge in [-0.1, -0.05) is 0 Å². The molecule has 0 N–H and O–H groups in total. The molecule has 0 aliphatic carbocycles. The zero-order chi connectivity index (χ0) is 17.9. The van der Waals surface area contributed by atoms with E-state index in [9.17, 15) is 14.4 Å². The number of amides is 2. The van der Waals surface area contributed by atoms with Crippen molar-refractivity contribution in [2.45, 2.75) is 51.8 Å². The van der Waals surface area contributed by atoms with Gasteiger partial charge in [-0.3, -0.25) is 9.69 Å². The van der Waals surface area contributed by atoms with Gasteiger partial charge in [0.2, 0.25) is 5.91 Å². The average Bonchev–Trinajstić information content (AvgIpc) is 2.45. The second-order valence-corrected chi connectivity index (χ2v) is 6.84. The van der Waals surface area contributed by atoms with Gasteiger partial charge >= 0.3 is 12.1 Å². The summed E-state index contributed by atoms with van der Waals surface area (Å²) >= 11 is 0. The van der Waals surface area contributed by atoms with Gasteiger partial charge in [-0.2, -0.15) is 0 Å². The second kappa shape index (κ2) is 7.38. The van der Waals surface area contributed by atoms with E-state index >= 15 is 0 Å². The summed E-state index contributed by atoms with van der Waals surface area (Å²) in [6, 6.07) is -1.46. The van der Waals surface area contributed by atoms with E-state index in [0.29, 0.717) is 26.3 Å². The van der Waals surface area contributed by atoms with Gasteiger partial charge in [-0.15, -0.1) is 0 Å². The Labute approximate surface area is 142 Å². The van der Waals surface area contributed by atoms with Crippen LogP contribution in [0.1, 0.15) is 34.1 Å². The van der Waals surface area contributed by atoms with Gasteiger partial charge in [0.25, 0.3) is 0 Å². The first kappa shape index (κ1) is 18.5. The predicted molar refractivity (Wildman–Crippen MR) is 84.3 cm³/mol. The molecule has 0 aromatic rings. The lowest BCUT2D eigenvalue weighted by molar-refractivity contribution is -0.164. The fourth-order valence-electron chi connectivity index (χ4n) is 2.75. The molecule has 0 unspecified atom stereocenters. The molecule has 0 saturated carbocycles. The Kier molecular flexibility index (Phi) is 5.69. The molecule has 2 amide bonds. The molecule has 8 heteroatoms. The van der Waals surface area contributed by atoms with Crippen molar-refractivity contribution in [2.24, 2.45) is 0 Å². The highest BCUT2D eigenvalue weighted by molar-refractivity contribution is 5.93. The summed E-state index contributed by atoms with van der Waals surface area (Å²) in [6.45, 7) is 9.07. The standard InChI is InChI=1S/C16H26N2O6/c1-5-23-14(20)12-10-11(13(19)17-6-8-22-9-7-17)18(12)15(21)24-16(2,3)4/h11-12H,5-10H2,1-4H3/t11-,12+/m0/s1. The van der Waals surface area contributed by atoms with Crippen molar-refractivity contribution in [3.63, 3.8) is 0 Å². The molecule has 0 radical (unpaired) electrons. The number of likely N-dealkylation sites (tertiary alicyclic amines) is 1. The lowest BCUT2D eigenvalue weighted by atomic mass is 9.92. The Hall–Kier alpha value is -1.83. The zero-order valence-electron chi connectivity index (χ0n) is 14.7. The SMILES string of the molecule is CCOC(=O)[C@H]1C[C@@H](C(=O)N2CCOCC2)N1C(=O)OC(C)(C)C. The molecular formula is C16H26N2O6. The molecule has 2 saturated heterocycles. The zero-order valence-corrected chi connectivity index (χ0v) is 14.7. The highest BCUT2D eigenvalue weighted by Crippen LogP contribution is 2.30. The minimum Gasteiger partial charge on any atom is -0.464 e. The van der Waals surface area contributed by atoms with E-state index in [1.807, 2.05) is 0 Å². The Morgan fingerprint density at radius 2 is 1.75 bits per heavy atom. The Morgan fingerprint density at radius 3 is 2.29 bits per heavy atom. The molecule has 0 bridgehead atoms. The Balaban J connectivity index is 2.10. The van der Waals surface area contributed by atoms with Crippen LogP contribution in [0.25, 0.3) is 0 Å². The normalized spacial score (nSPS) is 24.2. The summed E-state index contributed by atoms with van der Waals surface area (Å²) < 4.78 is 15.6. The molecule has 2 aliphatic heterocycles. The summed E-state index contributed by atoms with van der Waals surface area (Å²) in [5, 5.41) is 0. The average molecular weight is 342 g/mol. The predicted octanol–water partition coefficient (Wildman–Crippen LogP) is 0.786. The topological polar surface area (TPSA) is 85.4 Å². The van der Waals surface area contributed by atoms with Gasteiger partial charge in [-0.25, -0.2) is 9.59 Å². The highest BCUT2D eigenvalue weighted by atomic mass is 16.6. The number of hydrogen-bond acceptors (Lipinski definition) is 6. The van der Waals surface area contributed by atoms with Gasteiger partial charge in [-0.05, 0) is 27.7 Å². The smallest absolute Gasteiger partial charge is 0.411 e. The molecule has 2 aliphatic rings. The Bertz CT molecular complexity index is 495. The van der Waals surface area contributed by atoms with Crippen molar-refractivity contribution < 1.29 is 28.6 Å². The van der Waals surface area contributed by atoms with E-state index in [1.54, 1.807) is 32.6 Å². The highest BCUT2D eigenvalue weighted by Gasteiger charge is 2.52. The summed E-state index contributed by atoms with van der Waals surface area (Å²) in [7, 11) is 0. The quantitative estimate of drug-likeness (QED) is 0.705. The van der Waals surface area contributed by atoms with Crippen LogP contribution in [-0.4, -0.2) is 78.4 Å². The van der Waals surface area contributed by atoms with Crippen LogP contribution in [0.4, 0.5) is 4.79 Å². The summed E-state index contributed by atoms with van der Waals surface area (Å²) in [4.78, 5) is 40.0. The van der Waals surface area contributed by atoms with Crippen molar-refractivity contribution in [1.29, 1.82) is 0 Å². The number of morpholine rings is 1. The molecule has 2 rings (SSSR count). The Morgan fingerprint density at radius 1 is 1.12 bits per heavy atom. The molecule has 0 aromatic heterocycles. The van der Waals surface area contributed by atoms with E-state index in [0.717, 1.165) is 0 Å². The third-order valence-electron chi connectivity index (χ3n) is 3.89. The van der Waals surface area contributed by atoms with Crippen LogP contribution in [0.3, 0.4) is 0 Å². The molecule has 2 heterocycles. The van der Waals surface area contributed by atoms with E-state index in [4.69, 9.17) is 14.2 Å². The molecule has 8 nitrogen and oxygen atoms in total. The molecule has 2 fully saturated rings. The van der Waals surface area contributed by atoms with Crippen molar-refractivity contribution in [2.75, 3.05) is 32.9 Å². The van der Waals surface area contributed by atoms with E-state index in [2.05, 4.69) is 0 Å². The number of carbonyl (C=O) groups excluding carboxylic acids is 3. The maximum Gasteiger partial charge on any atom is 0.411 e. The van der Waals surface area contributed by atoms with E-state index < -0.39 is 29.7 Å². The van der Waals surface area contributed by atoms with Crippen LogP contribution < -0.4 is 0 Å². The number of nitrogens with zero attached hydrogens (tertiary/aromatic N) is 2. The third-order valence-corrected chi connectivity index (χ3v) is 3.89. The fraction of sp³-hybridized carbons (Fsp3) is 0.812. The lowest BCUT2D eigenvalue weighted by Crippen LogP contribution is -2.68. The van der Waals surface area contributed by atoms with Crippen LogP contribution in [0.5, 0.6) is 0 Å². The lowest BCUT2D eigenvalue weighted by Gasteiger charge is -2.47. The number of carbonyl (C=O) groups is 3. The first-order valence-electron chi connectivity index (χ1n) is 8.29. The van der Waals surface area contributed by atoms with Gasteiger partial charge < -0.3 is 19.1 Å². The minimum absolute atomic E-state index is 0.176. The van der Waals surface area contributed by atoms with E-state index in [-0.39, 0.29) is 18.9 Å². The first-order valence-corrected chi connectivity index (χ1v) is 8.29. The maximum absolute atomic E-state index is 12.7.